The molecular formula is C16H18N2O2. The predicted molar refractivity (Wildman–Crippen MR) is 76.9 cm³/mol. The average Bonchev–Trinajstić information content (AvgIpc) is 2.45. The second kappa shape index (κ2) is 6.39. The Labute approximate surface area is 118 Å². The van der Waals surface area contributed by atoms with Gasteiger partial charge in [-0.1, -0.05) is 30.3 Å². The lowest BCUT2D eigenvalue weighted by Gasteiger charge is -2.27. The summed E-state index contributed by atoms with van der Waals surface area (Å²) >= 11 is 0. The van der Waals surface area contributed by atoms with Crippen molar-refractivity contribution in [2.24, 2.45) is 0 Å². The molecule has 0 bridgehead atoms. The van der Waals surface area contributed by atoms with Crippen LogP contribution in [0.1, 0.15) is 12.0 Å². The van der Waals surface area contributed by atoms with Crippen molar-refractivity contribution in [3.05, 3.63) is 54.4 Å². The van der Waals surface area contributed by atoms with Gasteiger partial charge in [0.05, 0.1) is 12.4 Å². The summed E-state index contributed by atoms with van der Waals surface area (Å²) in [6, 6.07) is 12.4. The Morgan fingerprint density at radius 3 is 2.55 bits per heavy atom. The zero-order valence-electron chi connectivity index (χ0n) is 11.3. The fraction of sp³-hybridized carbons (Fsp3) is 0.312. The van der Waals surface area contributed by atoms with Crippen LogP contribution in [0.3, 0.4) is 0 Å². The molecule has 20 heavy (non-hydrogen) atoms. The van der Waals surface area contributed by atoms with E-state index >= 15 is 0 Å². The zero-order chi connectivity index (χ0) is 13.6. The quantitative estimate of drug-likeness (QED) is 0.875. The fourth-order valence-corrected chi connectivity index (χ4v) is 1.99. The highest BCUT2D eigenvalue weighted by molar-refractivity contribution is 5.28. The highest BCUT2D eigenvalue weighted by atomic mass is 16.5. The number of ether oxygens (including phenoxy) is 2. The molecule has 1 N–H and O–H groups in total. The van der Waals surface area contributed by atoms with Crippen molar-refractivity contribution in [3.8, 4) is 11.5 Å². The van der Waals surface area contributed by atoms with E-state index in [1.54, 1.807) is 12.4 Å². The van der Waals surface area contributed by atoms with Crippen molar-refractivity contribution < 1.29 is 9.47 Å². The van der Waals surface area contributed by atoms with E-state index in [9.17, 15) is 0 Å². The lowest BCUT2D eigenvalue weighted by atomic mass is 10.1. The van der Waals surface area contributed by atoms with E-state index in [1.807, 2.05) is 36.4 Å². The fourth-order valence-electron chi connectivity index (χ4n) is 1.99. The van der Waals surface area contributed by atoms with E-state index in [1.165, 1.54) is 6.42 Å². The molecule has 1 atom stereocenters. The molecule has 4 nitrogen and oxygen atoms in total. The minimum absolute atomic E-state index is 0.476. The minimum Gasteiger partial charge on any atom is -0.490 e. The summed E-state index contributed by atoms with van der Waals surface area (Å²) in [4.78, 5) is 4.15. The van der Waals surface area contributed by atoms with Gasteiger partial charge in [-0.2, -0.15) is 0 Å². The summed E-state index contributed by atoms with van der Waals surface area (Å²) in [5.41, 5.74) is 1.14. The number of benzene rings is 1. The number of pyridine rings is 1. The van der Waals surface area contributed by atoms with Gasteiger partial charge in [-0.3, -0.25) is 4.98 Å². The Kier molecular flexibility index (Phi) is 4.13. The average molecular weight is 270 g/mol. The van der Waals surface area contributed by atoms with Crippen LogP contribution in [0.5, 0.6) is 11.5 Å². The van der Waals surface area contributed by atoms with Crippen molar-refractivity contribution in [2.75, 3.05) is 13.2 Å². The molecule has 1 aliphatic rings. The van der Waals surface area contributed by atoms with E-state index in [4.69, 9.17) is 9.47 Å². The van der Waals surface area contributed by atoms with Gasteiger partial charge in [0.15, 0.2) is 0 Å². The van der Waals surface area contributed by atoms with E-state index in [0.717, 1.165) is 23.6 Å². The third kappa shape index (κ3) is 3.48. The Morgan fingerprint density at radius 1 is 1.10 bits per heavy atom. The van der Waals surface area contributed by atoms with Crippen molar-refractivity contribution >= 4 is 0 Å². The number of hydrogen-bond donors (Lipinski definition) is 1. The molecule has 3 rings (SSSR count). The number of aromatic nitrogens is 1. The number of nitrogens with zero attached hydrogens (tertiary/aromatic N) is 1. The maximum atomic E-state index is 5.72. The summed E-state index contributed by atoms with van der Waals surface area (Å²) in [7, 11) is 0. The minimum atomic E-state index is 0.476. The molecule has 1 aromatic heterocycles. The van der Waals surface area contributed by atoms with Crippen LogP contribution in [0.25, 0.3) is 0 Å². The van der Waals surface area contributed by atoms with Gasteiger partial charge in [0.2, 0.25) is 0 Å². The van der Waals surface area contributed by atoms with Gasteiger partial charge < -0.3 is 14.8 Å². The van der Waals surface area contributed by atoms with Crippen molar-refractivity contribution in [3.63, 3.8) is 0 Å². The van der Waals surface area contributed by atoms with E-state index in [0.29, 0.717) is 19.3 Å². The number of nitrogens with one attached hydrogen (secondary N) is 1. The normalized spacial score (nSPS) is 17.3. The van der Waals surface area contributed by atoms with Gasteiger partial charge in [0.1, 0.15) is 24.7 Å². The first-order chi connectivity index (χ1) is 9.90. The van der Waals surface area contributed by atoms with Crippen LogP contribution in [-0.4, -0.2) is 24.2 Å². The standard InChI is InChI=1S/C16H18N2O2/c1-2-4-13(5-3-1)11-19-15-8-16(10-17-9-15)20-12-14-6-7-18-14/h1-5,8-10,14,18H,6-7,11-12H2/t14-/m0/s1. The van der Waals surface area contributed by atoms with Crippen molar-refractivity contribution in [2.45, 2.75) is 19.1 Å². The van der Waals surface area contributed by atoms with Crippen LogP contribution < -0.4 is 14.8 Å². The molecule has 0 aliphatic carbocycles. The molecule has 0 spiro atoms. The van der Waals surface area contributed by atoms with Crippen molar-refractivity contribution in [1.29, 1.82) is 0 Å². The Morgan fingerprint density at radius 2 is 1.85 bits per heavy atom. The maximum Gasteiger partial charge on any atom is 0.141 e. The first-order valence-electron chi connectivity index (χ1n) is 6.88. The molecule has 2 heterocycles. The molecule has 1 saturated heterocycles. The van der Waals surface area contributed by atoms with Gasteiger partial charge in [0, 0.05) is 12.1 Å². The van der Waals surface area contributed by atoms with Gasteiger partial charge in [-0.05, 0) is 18.5 Å². The Bertz CT molecular complexity index is 541. The molecule has 1 aliphatic heterocycles. The van der Waals surface area contributed by atoms with E-state index < -0.39 is 0 Å². The van der Waals surface area contributed by atoms with Gasteiger partial charge in [-0.25, -0.2) is 0 Å². The highest BCUT2D eigenvalue weighted by Gasteiger charge is 2.16. The molecule has 0 radical (unpaired) electrons. The van der Waals surface area contributed by atoms with Crippen LogP contribution in [-0.2, 0) is 6.61 Å². The molecule has 2 aromatic rings. The zero-order valence-corrected chi connectivity index (χ0v) is 11.3. The number of hydrogen-bond acceptors (Lipinski definition) is 4. The SMILES string of the molecule is c1ccc(COc2cncc(OC[C@@H]3CCN3)c2)cc1. The molecule has 4 heteroatoms. The molecular weight excluding hydrogens is 252 g/mol. The van der Waals surface area contributed by atoms with E-state index in [2.05, 4.69) is 10.3 Å². The van der Waals surface area contributed by atoms with Crippen LogP contribution >= 0.6 is 0 Å². The van der Waals surface area contributed by atoms with E-state index in [-0.39, 0.29) is 0 Å². The predicted octanol–water partition coefficient (Wildman–Crippen LogP) is 2.40. The van der Waals surface area contributed by atoms with Crippen LogP contribution in [0.15, 0.2) is 48.8 Å². The third-order valence-corrected chi connectivity index (χ3v) is 3.31. The van der Waals surface area contributed by atoms with Crippen LogP contribution in [0, 0.1) is 0 Å². The maximum absolute atomic E-state index is 5.72. The van der Waals surface area contributed by atoms with Crippen LogP contribution in [0.4, 0.5) is 0 Å². The third-order valence-electron chi connectivity index (χ3n) is 3.31. The lowest BCUT2D eigenvalue weighted by molar-refractivity contribution is 0.215. The lowest BCUT2D eigenvalue weighted by Crippen LogP contribution is -2.46. The second-order valence-corrected chi connectivity index (χ2v) is 4.88. The molecule has 0 amide bonds. The molecule has 1 aromatic carbocycles. The smallest absolute Gasteiger partial charge is 0.141 e. The Hall–Kier alpha value is -2.07. The van der Waals surface area contributed by atoms with Gasteiger partial charge in [0.25, 0.3) is 0 Å². The second-order valence-electron chi connectivity index (χ2n) is 4.88. The molecule has 0 unspecified atom stereocenters. The first kappa shape index (κ1) is 12.9. The molecule has 1 fully saturated rings. The number of rotatable bonds is 6. The summed E-state index contributed by atoms with van der Waals surface area (Å²) in [5, 5.41) is 3.30. The summed E-state index contributed by atoms with van der Waals surface area (Å²) in [6.07, 6.45) is 4.60. The highest BCUT2D eigenvalue weighted by Crippen LogP contribution is 2.19. The first-order valence-corrected chi connectivity index (χ1v) is 6.88. The van der Waals surface area contributed by atoms with Gasteiger partial charge >= 0.3 is 0 Å². The largest absolute Gasteiger partial charge is 0.490 e. The topological polar surface area (TPSA) is 43.4 Å². The molecule has 104 valence electrons. The van der Waals surface area contributed by atoms with Crippen LogP contribution in [0.2, 0.25) is 0 Å². The summed E-state index contributed by atoms with van der Waals surface area (Å²) in [5.74, 6) is 1.48. The monoisotopic (exact) mass is 270 g/mol. The van der Waals surface area contributed by atoms with Crippen molar-refractivity contribution in [1.82, 2.24) is 10.3 Å². The van der Waals surface area contributed by atoms with Gasteiger partial charge in [-0.15, -0.1) is 0 Å². The molecule has 0 saturated carbocycles. The summed E-state index contributed by atoms with van der Waals surface area (Å²) < 4.78 is 11.4. The Balaban J connectivity index is 1.53. The summed E-state index contributed by atoms with van der Waals surface area (Å²) in [6.45, 7) is 2.31.